The summed E-state index contributed by atoms with van der Waals surface area (Å²) in [6.45, 7) is 1.94. The van der Waals surface area contributed by atoms with Crippen LogP contribution in [0.25, 0.3) is 5.69 Å². The van der Waals surface area contributed by atoms with Crippen LogP contribution >= 0.6 is 11.6 Å². The van der Waals surface area contributed by atoms with Gasteiger partial charge in [-0.05, 0) is 24.6 Å². The van der Waals surface area contributed by atoms with Gasteiger partial charge in [-0.1, -0.05) is 60.1 Å². The minimum Gasteiger partial charge on any atom is -0.457 e. The van der Waals surface area contributed by atoms with Gasteiger partial charge in [-0.15, -0.1) is 0 Å². The number of carbonyl (C=O) groups is 1. The highest BCUT2D eigenvalue weighted by atomic mass is 35.5. The molecule has 0 aliphatic carbocycles. The smallest absolute Gasteiger partial charge is 0.343 e. The fourth-order valence-corrected chi connectivity index (χ4v) is 2.62. The Balaban J connectivity index is 1.83. The van der Waals surface area contributed by atoms with Gasteiger partial charge in [-0.25, -0.2) is 9.48 Å². The molecule has 2 aromatic carbocycles. The maximum atomic E-state index is 12.3. The van der Waals surface area contributed by atoms with Crippen molar-refractivity contribution >= 4 is 17.6 Å². The molecule has 0 amide bonds. The number of aromatic nitrogens is 2. The van der Waals surface area contributed by atoms with Crippen LogP contribution in [0.3, 0.4) is 0 Å². The molecular weight excluding hydrogens is 312 g/mol. The summed E-state index contributed by atoms with van der Waals surface area (Å²) in [6.07, 6.45) is 0. The fraction of sp³-hybridized carbons (Fsp3) is 0.111. The molecular formula is C18H15ClN2O2. The largest absolute Gasteiger partial charge is 0.457 e. The van der Waals surface area contributed by atoms with Crippen LogP contribution in [-0.2, 0) is 11.3 Å². The number of hydrogen-bond acceptors (Lipinski definition) is 3. The molecule has 0 spiro atoms. The summed E-state index contributed by atoms with van der Waals surface area (Å²) >= 11 is 6.34. The maximum Gasteiger partial charge on any atom is 0.343 e. The third-order valence-electron chi connectivity index (χ3n) is 3.42. The Morgan fingerprint density at radius 3 is 2.35 bits per heavy atom. The van der Waals surface area contributed by atoms with E-state index in [9.17, 15) is 4.79 Å². The normalized spacial score (nSPS) is 10.5. The van der Waals surface area contributed by atoms with E-state index >= 15 is 0 Å². The lowest BCUT2D eigenvalue weighted by Gasteiger charge is -2.05. The number of halogens is 1. The van der Waals surface area contributed by atoms with Gasteiger partial charge < -0.3 is 4.74 Å². The number of carbonyl (C=O) groups excluding carboxylic acids is 1. The molecule has 3 rings (SSSR count). The summed E-state index contributed by atoms with van der Waals surface area (Å²) in [5.74, 6) is -0.474. The molecule has 0 radical (unpaired) electrons. The maximum absolute atomic E-state index is 12.3. The second-order valence-corrected chi connectivity index (χ2v) is 5.42. The summed E-state index contributed by atoms with van der Waals surface area (Å²) in [6, 6.07) is 18.9. The number of para-hydroxylation sites is 1. The SMILES string of the molecule is Cc1nn(-c2ccccc2)c(Cl)c1C(=O)OCc1ccccc1. The third kappa shape index (κ3) is 3.27. The van der Waals surface area contributed by atoms with Crippen LogP contribution in [0.15, 0.2) is 60.7 Å². The van der Waals surface area contributed by atoms with E-state index in [-0.39, 0.29) is 11.8 Å². The predicted molar refractivity (Wildman–Crippen MR) is 88.9 cm³/mol. The van der Waals surface area contributed by atoms with E-state index in [0.29, 0.717) is 11.3 Å². The first kappa shape index (κ1) is 15.3. The van der Waals surface area contributed by atoms with Gasteiger partial charge in [0.15, 0.2) is 0 Å². The van der Waals surface area contributed by atoms with Crippen LogP contribution in [-0.4, -0.2) is 15.7 Å². The first-order chi connectivity index (χ1) is 11.2. The molecule has 0 bridgehead atoms. The monoisotopic (exact) mass is 326 g/mol. The Morgan fingerprint density at radius 1 is 1.09 bits per heavy atom. The molecule has 116 valence electrons. The van der Waals surface area contributed by atoms with Gasteiger partial charge in [0.25, 0.3) is 0 Å². The van der Waals surface area contributed by atoms with Crippen LogP contribution in [0.5, 0.6) is 0 Å². The fourth-order valence-electron chi connectivity index (χ4n) is 2.27. The van der Waals surface area contributed by atoms with Crippen molar-refractivity contribution in [3.8, 4) is 5.69 Å². The van der Waals surface area contributed by atoms with E-state index in [4.69, 9.17) is 16.3 Å². The predicted octanol–water partition coefficient (Wildman–Crippen LogP) is 4.19. The van der Waals surface area contributed by atoms with Gasteiger partial charge in [0, 0.05) is 0 Å². The first-order valence-corrected chi connectivity index (χ1v) is 7.56. The van der Waals surface area contributed by atoms with E-state index in [1.807, 2.05) is 60.7 Å². The van der Waals surface area contributed by atoms with E-state index < -0.39 is 5.97 Å². The molecule has 4 nitrogen and oxygen atoms in total. The van der Waals surface area contributed by atoms with E-state index in [1.165, 1.54) is 4.68 Å². The van der Waals surface area contributed by atoms with Crippen molar-refractivity contribution in [1.82, 2.24) is 9.78 Å². The van der Waals surface area contributed by atoms with Gasteiger partial charge in [-0.3, -0.25) is 0 Å². The van der Waals surface area contributed by atoms with Crippen LogP contribution in [0, 0.1) is 6.92 Å². The molecule has 5 heteroatoms. The molecule has 0 saturated heterocycles. The Kier molecular flexibility index (Phi) is 4.44. The third-order valence-corrected chi connectivity index (χ3v) is 3.77. The highest BCUT2D eigenvalue weighted by molar-refractivity contribution is 6.33. The van der Waals surface area contributed by atoms with Crippen molar-refractivity contribution < 1.29 is 9.53 Å². The number of esters is 1. The molecule has 0 atom stereocenters. The van der Waals surface area contributed by atoms with Crippen LogP contribution in [0.4, 0.5) is 0 Å². The molecule has 23 heavy (non-hydrogen) atoms. The number of ether oxygens (including phenoxy) is 1. The average Bonchev–Trinajstić information content (AvgIpc) is 2.89. The topological polar surface area (TPSA) is 44.1 Å². The highest BCUT2D eigenvalue weighted by Gasteiger charge is 2.22. The molecule has 1 heterocycles. The summed E-state index contributed by atoms with van der Waals surface area (Å²) in [5.41, 5.74) is 2.55. The second-order valence-electron chi connectivity index (χ2n) is 5.06. The van der Waals surface area contributed by atoms with Gasteiger partial charge in [-0.2, -0.15) is 5.10 Å². The van der Waals surface area contributed by atoms with Crippen LogP contribution in [0.1, 0.15) is 21.6 Å². The summed E-state index contributed by atoms with van der Waals surface area (Å²) in [5, 5.41) is 4.60. The molecule has 0 N–H and O–H groups in total. The van der Waals surface area contributed by atoms with Gasteiger partial charge in [0.05, 0.1) is 11.4 Å². The van der Waals surface area contributed by atoms with E-state index in [2.05, 4.69) is 5.10 Å². The lowest BCUT2D eigenvalue weighted by molar-refractivity contribution is 0.0472. The number of aryl methyl sites for hydroxylation is 1. The van der Waals surface area contributed by atoms with Gasteiger partial charge in [0.2, 0.25) is 0 Å². The standard InChI is InChI=1S/C18H15ClN2O2/c1-13-16(18(22)23-12-14-8-4-2-5-9-14)17(19)21(20-13)15-10-6-3-7-11-15/h2-11H,12H2,1H3. The molecule has 0 aliphatic heterocycles. The van der Waals surface area contributed by atoms with E-state index in [1.54, 1.807) is 6.92 Å². The van der Waals surface area contributed by atoms with Crippen molar-refractivity contribution in [2.45, 2.75) is 13.5 Å². The van der Waals surface area contributed by atoms with Crippen molar-refractivity contribution in [1.29, 1.82) is 0 Å². The minimum atomic E-state index is -0.474. The Hall–Kier alpha value is -2.59. The van der Waals surface area contributed by atoms with Crippen molar-refractivity contribution in [2.75, 3.05) is 0 Å². The Bertz CT molecular complexity index is 814. The Labute approximate surface area is 139 Å². The molecule has 0 aliphatic rings. The zero-order valence-corrected chi connectivity index (χ0v) is 13.3. The van der Waals surface area contributed by atoms with Crippen molar-refractivity contribution in [3.63, 3.8) is 0 Å². The number of rotatable bonds is 4. The molecule has 3 aromatic rings. The first-order valence-electron chi connectivity index (χ1n) is 7.18. The quantitative estimate of drug-likeness (QED) is 0.675. The van der Waals surface area contributed by atoms with Gasteiger partial charge >= 0.3 is 5.97 Å². The number of nitrogens with zero attached hydrogens (tertiary/aromatic N) is 2. The summed E-state index contributed by atoms with van der Waals surface area (Å²) in [7, 11) is 0. The van der Waals surface area contributed by atoms with Crippen molar-refractivity contribution in [2.24, 2.45) is 0 Å². The summed E-state index contributed by atoms with van der Waals surface area (Å²) < 4.78 is 6.89. The zero-order chi connectivity index (χ0) is 16.2. The minimum absolute atomic E-state index is 0.200. The number of benzene rings is 2. The lowest BCUT2D eigenvalue weighted by Crippen LogP contribution is -2.06. The average molecular weight is 327 g/mol. The molecule has 0 fully saturated rings. The molecule has 0 unspecified atom stereocenters. The Morgan fingerprint density at radius 2 is 1.70 bits per heavy atom. The van der Waals surface area contributed by atoms with E-state index in [0.717, 1.165) is 11.3 Å². The van der Waals surface area contributed by atoms with Crippen LogP contribution in [0.2, 0.25) is 5.15 Å². The van der Waals surface area contributed by atoms with Gasteiger partial charge in [0.1, 0.15) is 17.3 Å². The number of hydrogen-bond donors (Lipinski definition) is 0. The summed E-state index contributed by atoms with van der Waals surface area (Å²) in [4.78, 5) is 12.3. The highest BCUT2D eigenvalue weighted by Crippen LogP contribution is 2.24. The molecule has 0 saturated carbocycles. The van der Waals surface area contributed by atoms with Crippen molar-refractivity contribution in [3.05, 3.63) is 82.6 Å². The lowest BCUT2D eigenvalue weighted by atomic mass is 10.2. The zero-order valence-electron chi connectivity index (χ0n) is 12.6. The second kappa shape index (κ2) is 6.67. The molecule has 1 aromatic heterocycles. The van der Waals surface area contributed by atoms with Crippen LogP contribution < -0.4 is 0 Å².